The minimum Gasteiger partial charge on any atom is -0.479 e. The van der Waals surface area contributed by atoms with Crippen LogP contribution in [0.15, 0.2) is 54.6 Å². The molecular weight excluding hydrogens is 286 g/mol. The van der Waals surface area contributed by atoms with Crippen LogP contribution in [0.5, 0.6) is 11.5 Å². The highest BCUT2D eigenvalue weighted by molar-refractivity contribution is 8.00. The molecule has 3 rings (SSSR count). The molecule has 2 N–H and O–H groups in total. The van der Waals surface area contributed by atoms with E-state index in [1.807, 2.05) is 54.6 Å². The fraction of sp³-hybridized carbons (Fsp3) is 0.188. The topological polar surface area (TPSA) is 58.6 Å². The number of rotatable bonds is 4. The number of benzene rings is 2. The lowest BCUT2D eigenvalue weighted by Crippen LogP contribution is -2.30. The zero-order chi connectivity index (χ0) is 14.7. The fourth-order valence-corrected chi connectivity index (χ4v) is 3.30. The summed E-state index contributed by atoms with van der Waals surface area (Å²) < 4.78 is 5.80. The van der Waals surface area contributed by atoms with Gasteiger partial charge in [-0.2, -0.15) is 0 Å². The molecule has 21 heavy (non-hydrogen) atoms. The minimum atomic E-state index is -0.820. The van der Waals surface area contributed by atoms with Crippen LogP contribution in [0.3, 0.4) is 0 Å². The molecule has 4 nitrogen and oxygen atoms in total. The second-order valence-electron chi connectivity index (χ2n) is 4.76. The van der Waals surface area contributed by atoms with Gasteiger partial charge >= 0.3 is 5.97 Å². The van der Waals surface area contributed by atoms with E-state index in [2.05, 4.69) is 5.32 Å². The number of carbonyl (C=O) groups is 1. The van der Waals surface area contributed by atoms with Crippen LogP contribution in [0.4, 0.5) is 0 Å². The van der Waals surface area contributed by atoms with Crippen molar-refractivity contribution in [2.45, 2.75) is 11.4 Å². The van der Waals surface area contributed by atoms with E-state index >= 15 is 0 Å². The Labute approximate surface area is 127 Å². The maximum Gasteiger partial charge on any atom is 0.331 e. The second-order valence-corrected chi connectivity index (χ2v) is 5.90. The van der Waals surface area contributed by atoms with Crippen LogP contribution >= 0.6 is 11.8 Å². The van der Waals surface area contributed by atoms with Crippen molar-refractivity contribution >= 4 is 17.7 Å². The average Bonchev–Trinajstić information content (AvgIpc) is 2.99. The van der Waals surface area contributed by atoms with E-state index < -0.39 is 11.3 Å². The maximum absolute atomic E-state index is 11.0. The molecule has 108 valence electrons. The third kappa shape index (κ3) is 3.37. The molecule has 0 spiro atoms. The number of hydrogen-bond acceptors (Lipinski definition) is 4. The Bertz CT molecular complexity index is 632. The predicted molar refractivity (Wildman–Crippen MR) is 82.7 cm³/mol. The lowest BCUT2D eigenvalue weighted by atomic mass is 10.1. The molecule has 1 fully saturated rings. The molecule has 2 atom stereocenters. The zero-order valence-corrected chi connectivity index (χ0v) is 12.0. The molecule has 0 aromatic heterocycles. The van der Waals surface area contributed by atoms with E-state index in [-0.39, 0.29) is 6.04 Å². The molecule has 2 aromatic carbocycles. The summed E-state index contributed by atoms with van der Waals surface area (Å²) in [6, 6.07) is 17.4. The van der Waals surface area contributed by atoms with E-state index in [0.29, 0.717) is 0 Å². The van der Waals surface area contributed by atoms with Crippen LogP contribution in [0.25, 0.3) is 0 Å². The normalized spacial score (nSPS) is 21.1. The molecule has 1 saturated heterocycles. The number of aliphatic carboxylic acids is 1. The largest absolute Gasteiger partial charge is 0.479 e. The third-order valence-electron chi connectivity index (χ3n) is 3.25. The van der Waals surface area contributed by atoms with Gasteiger partial charge < -0.3 is 9.84 Å². The van der Waals surface area contributed by atoms with Crippen molar-refractivity contribution in [2.24, 2.45) is 0 Å². The monoisotopic (exact) mass is 301 g/mol. The fourth-order valence-electron chi connectivity index (χ4n) is 2.23. The summed E-state index contributed by atoms with van der Waals surface area (Å²) in [6.45, 7) is 0. The smallest absolute Gasteiger partial charge is 0.331 e. The van der Waals surface area contributed by atoms with Gasteiger partial charge in [0.1, 0.15) is 11.5 Å². The second kappa shape index (κ2) is 6.20. The van der Waals surface area contributed by atoms with Crippen molar-refractivity contribution in [2.75, 3.05) is 5.75 Å². The van der Waals surface area contributed by atoms with Crippen molar-refractivity contribution < 1.29 is 14.6 Å². The molecule has 1 aliphatic rings. The Hall–Kier alpha value is -1.98. The average molecular weight is 301 g/mol. The van der Waals surface area contributed by atoms with Crippen LogP contribution in [-0.4, -0.2) is 22.2 Å². The van der Waals surface area contributed by atoms with Crippen molar-refractivity contribution in [3.63, 3.8) is 0 Å². The van der Waals surface area contributed by atoms with Gasteiger partial charge in [0.2, 0.25) is 0 Å². The van der Waals surface area contributed by atoms with Crippen molar-refractivity contribution in [1.82, 2.24) is 5.32 Å². The predicted octanol–water partition coefficient (Wildman–Crippen LogP) is 3.27. The number of carboxylic acid groups (broad SMARTS) is 1. The molecule has 1 aliphatic heterocycles. The summed E-state index contributed by atoms with van der Waals surface area (Å²) in [6.07, 6.45) is 0. The molecule has 2 aromatic rings. The Kier molecular flexibility index (Phi) is 4.13. The van der Waals surface area contributed by atoms with Gasteiger partial charge in [-0.25, -0.2) is 4.79 Å². The van der Waals surface area contributed by atoms with Gasteiger partial charge in [0.15, 0.2) is 5.37 Å². The Morgan fingerprint density at radius 2 is 1.90 bits per heavy atom. The first-order chi connectivity index (χ1) is 10.2. The van der Waals surface area contributed by atoms with Crippen molar-refractivity contribution in [3.05, 3.63) is 60.2 Å². The SMILES string of the molecule is O=C(O)[C@H]1N[C@@H](c2cccc(Oc3ccccc3)c2)CS1. The Balaban J connectivity index is 1.73. The third-order valence-corrected chi connectivity index (χ3v) is 4.44. The first kappa shape index (κ1) is 14.0. The van der Waals surface area contributed by atoms with Crippen LogP contribution < -0.4 is 10.1 Å². The van der Waals surface area contributed by atoms with Crippen molar-refractivity contribution in [1.29, 1.82) is 0 Å². The van der Waals surface area contributed by atoms with Gasteiger partial charge in [-0.15, -0.1) is 11.8 Å². The van der Waals surface area contributed by atoms with Crippen LogP contribution in [0, 0.1) is 0 Å². The van der Waals surface area contributed by atoms with Crippen molar-refractivity contribution in [3.8, 4) is 11.5 Å². The number of carboxylic acids is 1. The lowest BCUT2D eigenvalue weighted by molar-refractivity contribution is -0.137. The number of ether oxygens (including phenoxy) is 1. The molecule has 0 aliphatic carbocycles. The number of hydrogen-bond donors (Lipinski definition) is 2. The van der Waals surface area contributed by atoms with Gasteiger partial charge in [-0.3, -0.25) is 5.32 Å². The minimum absolute atomic E-state index is 0.0374. The lowest BCUT2D eigenvalue weighted by Gasteiger charge is -2.13. The number of thioether (sulfide) groups is 1. The van der Waals surface area contributed by atoms with E-state index in [4.69, 9.17) is 9.84 Å². The van der Waals surface area contributed by atoms with Gasteiger partial charge in [-0.05, 0) is 29.8 Å². The summed E-state index contributed by atoms with van der Waals surface area (Å²) >= 11 is 1.41. The van der Waals surface area contributed by atoms with Crippen LogP contribution in [0.1, 0.15) is 11.6 Å². The highest BCUT2D eigenvalue weighted by Crippen LogP contribution is 2.31. The quantitative estimate of drug-likeness (QED) is 0.907. The molecular formula is C16H15NO3S. The zero-order valence-electron chi connectivity index (χ0n) is 11.2. The summed E-state index contributed by atoms with van der Waals surface area (Å²) in [4.78, 5) is 11.0. The highest BCUT2D eigenvalue weighted by atomic mass is 32.2. The Morgan fingerprint density at radius 3 is 2.62 bits per heavy atom. The standard InChI is InChI=1S/C16H15NO3S/c18-16(19)15-17-14(10-21-15)11-5-4-8-13(9-11)20-12-6-2-1-3-7-12/h1-9,14-15,17H,10H2,(H,18,19)/t14-,15+/m1/s1. The molecule has 1 heterocycles. The first-order valence-electron chi connectivity index (χ1n) is 6.66. The van der Waals surface area contributed by atoms with E-state index in [1.165, 1.54) is 11.8 Å². The van der Waals surface area contributed by atoms with Crippen LogP contribution in [0.2, 0.25) is 0 Å². The van der Waals surface area contributed by atoms with Crippen LogP contribution in [-0.2, 0) is 4.79 Å². The molecule has 0 saturated carbocycles. The molecule has 0 radical (unpaired) electrons. The number of nitrogens with one attached hydrogen (secondary N) is 1. The summed E-state index contributed by atoms with van der Waals surface area (Å²) in [7, 11) is 0. The first-order valence-corrected chi connectivity index (χ1v) is 7.70. The highest BCUT2D eigenvalue weighted by Gasteiger charge is 2.30. The summed E-state index contributed by atoms with van der Waals surface area (Å²) in [5.41, 5.74) is 1.04. The van der Waals surface area contributed by atoms with Gasteiger partial charge in [0, 0.05) is 11.8 Å². The van der Waals surface area contributed by atoms with Gasteiger partial charge in [0.05, 0.1) is 0 Å². The van der Waals surface area contributed by atoms with Gasteiger partial charge in [-0.1, -0.05) is 30.3 Å². The molecule has 0 bridgehead atoms. The van der Waals surface area contributed by atoms with E-state index in [1.54, 1.807) is 0 Å². The molecule has 0 unspecified atom stereocenters. The molecule has 5 heteroatoms. The summed E-state index contributed by atoms with van der Waals surface area (Å²) in [5.74, 6) is 1.46. The van der Waals surface area contributed by atoms with E-state index in [0.717, 1.165) is 22.8 Å². The maximum atomic E-state index is 11.0. The Morgan fingerprint density at radius 1 is 1.14 bits per heavy atom. The molecule has 0 amide bonds. The summed E-state index contributed by atoms with van der Waals surface area (Å²) in [5, 5.41) is 11.6. The number of para-hydroxylation sites is 1. The van der Waals surface area contributed by atoms with E-state index in [9.17, 15) is 4.79 Å². The van der Waals surface area contributed by atoms with Gasteiger partial charge in [0.25, 0.3) is 0 Å².